The summed E-state index contributed by atoms with van der Waals surface area (Å²) >= 11 is 0. The Labute approximate surface area is 173 Å². The van der Waals surface area contributed by atoms with E-state index in [4.69, 9.17) is 9.47 Å². The monoisotopic (exact) mass is 400 g/mol. The highest BCUT2D eigenvalue weighted by Crippen LogP contribution is 2.24. The van der Waals surface area contributed by atoms with E-state index in [1.54, 1.807) is 37.3 Å². The molecule has 4 rings (SSSR count). The minimum atomic E-state index is -0.625. The predicted molar refractivity (Wildman–Crippen MR) is 116 cm³/mol. The summed E-state index contributed by atoms with van der Waals surface area (Å²) in [6.07, 6.45) is -0.625. The van der Waals surface area contributed by atoms with E-state index in [0.717, 1.165) is 0 Å². The standard InChI is InChI=1S/C24H20N2O4/c1-16-22(26-21-13-6-5-12-20(21)23(16)27)15-29-24(28)25-17-8-7-11-19(14-17)30-18-9-3-2-4-10-18/h2-14H,15H2,1H3,(H,25,28)(H,26,27). The van der Waals surface area contributed by atoms with E-state index in [-0.39, 0.29) is 12.0 Å². The van der Waals surface area contributed by atoms with Crippen LogP contribution < -0.4 is 15.5 Å². The molecular weight excluding hydrogens is 380 g/mol. The fraction of sp³-hybridized carbons (Fsp3) is 0.0833. The van der Waals surface area contributed by atoms with Gasteiger partial charge in [0.05, 0.1) is 5.69 Å². The Balaban J connectivity index is 1.42. The summed E-state index contributed by atoms with van der Waals surface area (Å²) < 4.78 is 11.1. The predicted octanol–water partition coefficient (Wildman–Crippen LogP) is 5.38. The topological polar surface area (TPSA) is 80.4 Å². The van der Waals surface area contributed by atoms with Crippen molar-refractivity contribution in [3.63, 3.8) is 0 Å². The van der Waals surface area contributed by atoms with Gasteiger partial charge in [-0.25, -0.2) is 4.79 Å². The van der Waals surface area contributed by atoms with Crippen LogP contribution in [-0.2, 0) is 11.3 Å². The molecule has 0 aliphatic carbocycles. The molecule has 30 heavy (non-hydrogen) atoms. The fourth-order valence-corrected chi connectivity index (χ4v) is 3.08. The van der Waals surface area contributed by atoms with Crippen molar-refractivity contribution < 1.29 is 14.3 Å². The van der Waals surface area contributed by atoms with Gasteiger partial charge in [0.25, 0.3) is 0 Å². The van der Waals surface area contributed by atoms with Crippen molar-refractivity contribution in [1.29, 1.82) is 0 Å². The Hall–Kier alpha value is -4.06. The molecule has 150 valence electrons. The number of fused-ring (bicyclic) bond motifs is 1. The molecule has 0 spiro atoms. The van der Waals surface area contributed by atoms with E-state index in [1.165, 1.54) is 0 Å². The molecular formula is C24H20N2O4. The van der Waals surface area contributed by atoms with Gasteiger partial charge in [0.2, 0.25) is 0 Å². The number of ether oxygens (including phenoxy) is 2. The zero-order valence-corrected chi connectivity index (χ0v) is 16.3. The first-order valence-electron chi connectivity index (χ1n) is 9.47. The minimum Gasteiger partial charge on any atom is -0.457 e. The molecule has 0 unspecified atom stereocenters. The van der Waals surface area contributed by atoms with Gasteiger partial charge in [-0.05, 0) is 43.3 Å². The van der Waals surface area contributed by atoms with Crippen molar-refractivity contribution in [2.75, 3.05) is 5.32 Å². The minimum absolute atomic E-state index is 0.0437. The average molecular weight is 400 g/mol. The lowest BCUT2D eigenvalue weighted by Gasteiger charge is -2.11. The number of amides is 1. The van der Waals surface area contributed by atoms with Crippen molar-refractivity contribution in [2.45, 2.75) is 13.5 Å². The number of hydrogen-bond donors (Lipinski definition) is 2. The second kappa shape index (κ2) is 8.53. The van der Waals surface area contributed by atoms with Gasteiger partial charge in [0.15, 0.2) is 5.43 Å². The summed E-state index contributed by atoms with van der Waals surface area (Å²) in [4.78, 5) is 27.9. The summed E-state index contributed by atoms with van der Waals surface area (Å²) in [5.41, 5.74) is 2.26. The molecule has 0 aliphatic heterocycles. The second-order valence-corrected chi connectivity index (χ2v) is 6.75. The van der Waals surface area contributed by atoms with Crippen LogP contribution in [0.3, 0.4) is 0 Å². The maximum Gasteiger partial charge on any atom is 0.412 e. The maximum atomic E-state index is 12.5. The van der Waals surface area contributed by atoms with Crippen molar-refractivity contribution >= 4 is 22.7 Å². The van der Waals surface area contributed by atoms with Crippen LogP contribution in [0.4, 0.5) is 10.5 Å². The number of hydrogen-bond acceptors (Lipinski definition) is 4. The van der Waals surface area contributed by atoms with Gasteiger partial charge in [-0.15, -0.1) is 0 Å². The number of carbonyl (C=O) groups excluding carboxylic acids is 1. The van der Waals surface area contributed by atoms with Crippen molar-refractivity contribution in [3.8, 4) is 11.5 Å². The van der Waals surface area contributed by atoms with Gasteiger partial charge >= 0.3 is 6.09 Å². The van der Waals surface area contributed by atoms with Gasteiger partial charge in [-0.3, -0.25) is 10.1 Å². The van der Waals surface area contributed by atoms with Crippen molar-refractivity contribution in [2.24, 2.45) is 0 Å². The van der Waals surface area contributed by atoms with Crippen LogP contribution in [0.15, 0.2) is 83.7 Å². The summed E-state index contributed by atoms with van der Waals surface area (Å²) in [5, 5.41) is 3.29. The SMILES string of the molecule is Cc1c(COC(=O)Nc2cccc(Oc3ccccc3)c2)[nH]c2ccccc2c1=O. The Kier molecular flexibility index (Phi) is 5.48. The summed E-state index contributed by atoms with van der Waals surface area (Å²) in [6.45, 7) is 1.67. The zero-order valence-electron chi connectivity index (χ0n) is 16.3. The Bertz CT molecular complexity index is 1250. The van der Waals surface area contributed by atoms with Gasteiger partial charge < -0.3 is 14.5 Å². The highest BCUT2D eigenvalue weighted by atomic mass is 16.5. The molecule has 0 atom stereocenters. The third kappa shape index (κ3) is 4.33. The molecule has 0 aliphatic rings. The van der Waals surface area contributed by atoms with E-state index < -0.39 is 6.09 Å². The van der Waals surface area contributed by atoms with Crippen LogP contribution in [0.5, 0.6) is 11.5 Å². The Morgan fingerprint density at radius 2 is 1.67 bits per heavy atom. The molecule has 6 nitrogen and oxygen atoms in total. The second-order valence-electron chi connectivity index (χ2n) is 6.75. The smallest absolute Gasteiger partial charge is 0.412 e. The molecule has 3 aromatic carbocycles. The summed E-state index contributed by atoms with van der Waals surface area (Å²) in [7, 11) is 0. The van der Waals surface area contributed by atoms with Gasteiger partial charge in [0.1, 0.15) is 18.1 Å². The molecule has 1 aromatic heterocycles. The molecule has 2 N–H and O–H groups in total. The van der Waals surface area contributed by atoms with Crippen LogP contribution >= 0.6 is 0 Å². The van der Waals surface area contributed by atoms with E-state index in [0.29, 0.717) is 39.3 Å². The van der Waals surface area contributed by atoms with Crippen LogP contribution in [0.1, 0.15) is 11.3 Å². The summed E-state index contributed by atoms with van der Waals surface area (Å²) in [5.74, 6) is 1.29. The van der Waals surface area contributed by atoms with Gasteiger partial charge in [0, 0.05) is 28.2 Å². The van der Waals surface area contributed by atoms with Crippen molar-refractivity contribution in [3.05, 3.63) is 100 Å². The summed E-state index contributed by atoms with van der Waals surface area (Å²) in [6, 6.07) is 23.6. The van der Waals surface area contributed by atoms with E-state index in [9.17, 15) is 9.59 Å². The number of pyridine rings is 1. The quantitative estimate of drug-likeness (QED) is 0.471. The molecule has 6 heteroatoms. The number of H-pyrrole nitrogens is 1. The molecule has 0 saturated heterocycles. The number of aromatic nitrogens is 1. The molecule has 0 bridgehead atoms. The largest absolute Gasteiger partial charge is 0.457 e. The third-order valence-electron chi connectivity index (χ3n) is 4.66. The Morgan fingerprint density at radius 1 is 0.933 bits per heavy atom. The first-order chi connectivity index (χ1) is 14.6. The van der Waals surface area contributed by atoms with Crippen LogP contribution in [0.2, 0.25) is 0 Å². The third-order valence-corrected chi connectivity index (χ3v) is 4.66. The number of para-hydroxylation sites is 2. The molecule has 4 aromatic rings. The molecule has 0 saturated carbocycles. The maximum absolute atomic E-state index is 12.5. The number of benzene rings is 3. The molecule has 1 amide bonds. The normalized spacial score (nSPS) is 10.6. The number of carbonyl (C=O) groups is 1. The highest BCUT2D eigenvalue weighted by Gasteiger charge is 2.11. The highest BCUT2D eigenvalue weighted by molar-refractivity contribution is 5.85. The van der Waals surface area contributed by atoms with E-state index in [1.807, 2.05) is 48.5 Å². The number of nitrogens with one attached hydrogen (secondary N) is 2. The first kappa shape index (κ1) is 19.3. The molecule has 1 heterocycles. The lowest BCUT2D eigenvalue weighted by molar-refractivity contribution is 0.153. The Morgan fingerprint density at radius 3 is 2.50 bits per heavy atom. The zero-order chi connectivity index (χ0) is 20.9. The van der Waals surface area contributed by atoms with Gasteiger partial charge in [-0.1, -0.05) is 36.4 Å². The van der Waals surface area contributed by atoms with E-state index >= 15 is 0 Å². The van der Waals surface area contributed by atoms with Gasteiger partial charge in [-0.2, -0.15) is 0 Å². The molecule has 0 fully saturated rings. The molecule has 0 radical (unpaired) electrons. The first-order valence-corrected chi connectivity index (χ1v) is 9.47. The number of rotatable bonds is 5. The van der Waals surface area contributed by atoms with Crippen LogP contribution in [-0.4, -0.2) is 11.1 Å². The number of aromatic amines is 1. The van der Waals surface area contributed by atoms with E-state index in [2.05, 4.69) is 10.3 Å². The lowest BCUT2D eigenvalue weighted by atomic mass is 10.1. The number of anilines is 1. The lowest BCUT2D eigenvalue weighted by Crippen LogP contribution is -2.17. The fourth-order valence-electron chi connectivity index (χ4n) is 3.08. The average Bonchev–Trinajstić information content (AvgIpc) is 2.76. The van der Waals surface area contributed by atoms with Crippen molar-refractivity contribution in [1.82, 2.24) is 4.98 Å². The van der Waals surface area contributed by atoms with Crippen LogP contribution in [0.25, 0.3) is 10.9 Å². The van der Waals surface area contributed by atoms with Crippen LogP contribution in [0, 0.1) is 6.92 Å².